The van der Waals surface area contributed by atoms with Crippen molar-refractivity contribution in [1.82, 2.24) is 10.2 Å². The molecule has 0 aliphatic carbocycles. The molecule has 3 aromatic rings. The van der Waals surface area contributed by atoms with Crippen molar-refractivity contribution in [1.29, 1.82) is 0 Å². The summed E-state index contributed by atoms with van der Waals surface area (Å²) in [4.78, 5) is 37.5. The first-order valence-electron chi connectivity index (χ1n) is 11.5. The Morgan fingerprint density at radius 1 is 0.842 bits per heavy atom. The summed E-state index contributed by atoms with van der Waals surface area (Å²) in [6.07, 6.45) is 0. The van der Waals surface area contributed by atoms with Gasteiger partial charge in [-0.3, -0.25) is 14.4 Å². The van der Waals surface area contributed by atoms with E-state index in [-0.39, 0.29) is 29.7 Å². The van der Waals surface area contributed by atoms with Crippen molar-refractivity contribution in [2.24, 2.45) is 0 Å². The van der Waals surface area contributed by atoms with E-state index in [2.05, 4.69) is 5.32 Å². The molecule has 0 fully saturated rings. The van der Waals surface area contributed by atoms with Crippen molar-refractivity contribution in [3.63, 3.8) is 0 Å². The number of aliphatic carboxylic acids is 1. The molecule has 0 saturated heterocycles. The average Bonchev–Trinajstić information content (AvgIpc) is 2.86. The van der Waals surface area contributed by atoms with Crippen LogP contribution >= 0.6 is 0 Å². The zero-order valence-corrected chi connectivity index (χ0v) is 20.3. The second-order valence-corrected chi connectivity index (χ2v) is 8.58. The number of nitrogens with zero attached hydrogens (tertiary/aromatic N) is 1. The van der Waals surface area contributed by atoms with Gasteiger partial charge in [0.2, 0.25) is 0 Å². The smallest absolute Gasteiger partial charge is 0.480 e. The van der Waals surface area contributed by atoms with Crippen molar-refractivity contribution in [3.05, 3.63) is 94.6 Å². The first-order chi connectivity index (χ1) is 18.0. The Balaban J connectivity index is 1.66. The molecule has 0 aromatic heterocycles. The van der Waals surface area contributed by atoms with Gasteiger partial charge in [-0.15, -0.1) is 0 Å². The second-order valence-electron chi connectivity index (χ2n) is 8.58. The van der Waals surface area contributed by atoms with Crippen molar-refractivity contribution in [2.75, 3.05) is 6.54 Å². The van der Waals surface area contributed by atoms with Gasteiger partial charge >= 0.3 is 20.0 Å². The molecule has 5 N–H and O–H groups in total. The van der Waals surface area contributed by atoms with Crippen LogP contribution in [0, 0.1) is 11.6 Å². The first kappa shape index (κ1) is 28.5. The molecule has 0 aliphatic rings. The Hall–Kier alpha value is -4.06. The molecule has 0 saturated carbocycles. The van der Waals surface area contributed by atoms with Gasteiger partial charge in [0.15, 0.2) is 0 Å². The van der Waals surface area contributed by atoms with Crippen LogP contribution in [0.2, 0.25) is 6.82 Å². The van der Waals surface area contributed by atoms with Gasteiger partial charge in [-0.2, -0.15) is 0 Å². The number of hydrogen-bond acceptors (Lipinski definition) is 6. The summed E-state index contributed by atoms with van der Waals surface area (Å²) in [7, 11) is -2.06. The number of carbonyl (C=O) groups excluding carboxylic acids is 2. The third-order valence-corrected chi connectivity index (χ3v) is 5.70. The molecule has 0 atom stereocenters. The Labute approximate surface area is 217 Å². The summed E-state index contributed by atoms with van der Waals surface area (Å²) in [5.74, 6) is -4.28. The average molecular weight is 524 g/mol. The fourth-order valence-corrected chi connectivity index (χ4v) is 3.69. The molecule has 9 nitrogen and oxygen atoms in total. The minimum atomic E-state index is -2.06. The van der Waals surface area contributed by atoms with Crippen molar-refractivity contribution < 1.29 is 43.3 Å². The van der Waals surface area contributed by atoms with E-state index in [1.54, 1.807) is 24.3 Å². The molecule has 0 bridgehead atoms. The summed E-state index contributed by atoms with van der Waals surface area (Å²) < 4.78 is 28.1. The highest BCUT2D eigenvalue weighted by Crippen LogP contribution is 2.13. The maximum Gasteiger partial charge on any atom is 0.491 e. The summed E-state index contributed by atoms with van der Waals surface area (Å²) in [5.41, 5.74) is 0.831. The van der Waals surface area contributed by atoms with E-state index in [9.17, 15) is 33.3 Å². The number of carboxylic acid groups (broad SMARTS) is 1. The number of carboxylic acids is 1. The Kier molecular flexibility index (Phi) is 9.35. The summed E-state index contributed by atoms with van der Waals surface area (Å²) in [6, 6.07) is 13.4. The summed E-state index contributed by atoms with van der Waals surface area (Å²) >= 11 is 0. The molecule has 0 radical (unpaired) electrons. The summed E-state index contributed by atoms with van der Waals surface area (Å²) in [6.45, 7) is -0.251. The lowest BCUT2D eigenvalue weighted by molar-refractivity contribution is -0.137. The number of amides is 2. The lowest BCUT2D eigenvalue weighted by Crippen LogP contribution is -2.36. The van der Waals surface area contributed by atoms with Crippen LogP contribution in [0.3, 0.4) is 0 Å². The molecule has 3 rings (SSSR count). The molecule has 38 heavy (non-hydrogen) atoms. The molecular weight excluding hydrogens is 500 g/mol. The molecule has 0 unspecified atom stereocenters. The van der Waals surface area contributed by atoms with E-state index in [4.69, 9.17) is 10.0 Å². The number of hydrogen-bond donors (Lipinski definition) is 5. The van der Waals surface area contributed by atoms with Crippen LogP contribution in [0.4, 0.5) is 8.78 Å². The van der Waals surface area contributed by atoms with E-state index < -0.39 is 55.5 Å². The van der Waals surface area contributed by atoms with E-state index >= 15 is 0 Å². The highest BCUT2D eigenvalue weighted by Gasteiger charge is 2.23. The Morgan fingerprint density at radius 3 is 1.95 bits per heavy atom. The third kappa shape index (κ3) is 7.25. The number of nitrogens with one attached hydrogen (secondary N) is 1. The molecule has 0 heterocycles. The van der Waals surface area contributed by atoms with Crippen molar-refractivity contribution in [2.45, 2.75) is 19.9 Å². The molecule has 0 spiro atoms. The van der Waals surface area contributed by atoms with Crippen molar-refractivity contribution >= 4 is 42.7 Å². The Bertz CT molecular complexity index is 1340. The molecule has 3 aromatic carbocycles. The molecule has 2 amide bonds. The second kappa shape index (κ2) is 12.5. The van der Waals surface area contributed by atoms with Crippen LogP contribution in [0.1, 0.15) is 31.8 Å². The molecule has 0 aliphatic heterocycles. The first-order valence-corrected chi connectivity index (χ1v) is 11.5. The topological polar surface area (TPSA) is 147 Å². The van der Waals surface area contributed by atoms with Gasteiger partial charge in [-0.05, 0) is 40.9 Å². The zero-order chi connectivity index (χ0) is 28.0. The van der Waals surface area contributed by atoms with Gasteiger partial charge in [-0.1, -0.05) is 43.2 Å². The van der Waals surface area contributed by atoms with Crippen LogP contribution in [-0.4, -0.2) is 63.4 Å². The van der Waals surface area contributed by atoms with Gasteiger partial charge < -0.3 is 30.4 Å². The SMILES string of the molecule is CB(O)c1ccc(C(=O)NCc2ccc(CN(CC(=O)O)C(=O)c3ccc(B(O)O)c(F)c3)cc2)cc1F. The zero-order valence-electron chi connectivity index (χ0n) is 20.3. The van der Waals surface area contributed by atoms with E-state index in [0.29, 0.717) is 11.1 Å². The van der Waals surface area contributed by atoms with Crippen LogP contribution in [0.25, 0.3) is 0 Å². The minimum absolute atomic E-state index is 0.0821. The molecular formula is C25H24B2F2N2O7. The van der Waals surface area contributed by atoms with Crippen LogP contribution in [-0.2, 0) is 17.9 Å². The van der Waals surface area contributed by atoms with Gasteiger partial charge in [0.25, 0.3) is 11.8 Å². The lowest BCUT2D eigenvalue weighted by Gasteiger charge is -2.21. The Morgan fingerprint density at radius 2 is 1.39 bits per heavy atom. The maximum atomic E-state index is 14.1. The largest absolute Gasteiger partial charge is 0.491 e. The fraction of sp³-hybridized carbons (Fsp3) is 0.160. The standard InChI is InChI=1S/C25H24B2F2N2O7/c1-26(36)19-8-6-17(10-21(19)28)24(34)30-12-15-2-4-16(5-3-15)13-31(14-23(32)33)25(35)18-7-9-20(27(37)38)22(29)11-18/h2-11,36-38H,12-14H2,1H3,(H,30,34)(H,32,33). The maximum absolute atomic E-state index is 14.1. The quantitative estimate of drug-likeness (QED) is 0.237. The number of benzene rings is 3. The molecule has 13 heteroatoms. The highest BCUT2D eigenvalue weighted by molar-refractivity contribution is 6.64. The van der Waals surface area contributed by atoms with Crippen LogP contribution in [0.15, 0.2) is 60.7 Å². The predicted molar refractivity (Wildman–Crippen MR) is 136 cm³/mol. The van der Waals surface area contributed by atoms with Gasteiger partial charge in [0.1, 0.15) is 18.2 Å². The third-order valence-electron chi connectivity index (χ3n) is 5.70. The van der Waals surface area contributed by atoms with Gasteiger partial charge in [0.05, 0.1) is 0 Å². The molecule has 196 valence electrons. The van der Waals surface area contributed by atoms with Crippen LogP contribution in [0.5, 0.6) is 0 Å². The summed E-state index contributed by atoms with van der Waals surface area (Å²) in [5, 5.41) is 39.7. The van der Waals surface area contributed by atoms with E-state index in [1.807, 2.05) is 0 Å². The van der Waals surface area contributed by atoms with Crippen LogP contribution < -0.4 is 16.2 Å². The van der Waals surface area contributed by atoms with Gasteiger partial charge in [-0.25, -0.2) is 8.78 Å². The monoisotopic (exact) mass is 524 g/mol. The van der Waals surface area contributed by atoms with Crippen molar-refractivity contribution in [3.8, 4) is 0 Å². The number of halogens is 2. The van der Waals surface area contributed by atoms with E-state index in [0.717, 1.165) is 23.1 Å². The lowest BCUT2D eigenvalue weighted by atomic mass is 9.64. The van der Waals surface area contributed by atoms with E-state index in [1.165, 1.54) is 25.0 Å². The minimum Gasteiger partial charge on any atom is -0.480 e. The number of rotatable bonds is 10. The normalized spacial score (nSPS) is 10.6. The number of carbonyl (C=O) groups is 3. The predicted octanol–water partition coefficient (Wildman–Crippen LogP) is 0.122. The highest BCUT2D eigenvalue weighted by atomic mass is 19.1. The fourth-order valence-electron chi connectivity index (χ4n) is 3.69. The van der Waals surface area contributed by atoms with Gasteiger partial charge in [0, 0.05) is 29.7 Å².